The summed E-state index contributed by atoms with van der Waals surface area (Å²) in [6, 6.07) is 5.48. The lowest BCUT2D eigenvalue weighted by Gasteiger charge is -2.09. The number of methoxy groups -OCH3 is 1. The summed E-state index contributed by atoms with van der Waals surface area (Å²) < 4.78 is 10.1. The first kappa shape index (κ1) is 10.7. The second kappa shape index (κ2) is 4.77. The van der Waals surface area contributed by atoms with Crippen molar-refractivity contribution in [1.82, 2.24) is 0 Å². The Morgan fingerprint density at radius 1 is 1.43 bits per heavy atom. The van der Waals surface area contributed by atoms with Gasteiger partial charge in [-0.3, -0.25) is 4.79 Å². The van der Waals surface area contributed by atoms with E-state index < -0.39 is 0 Å². The van der Waals surface area contributed by atoms with Gasteiger partial charge >= 0.3 is 0 Å². The predicted molar refractivity (Wildman–Crippen MR) is 53.7 cm³/mol. The smallest absolute Gasteiger partial charge is 0.188 e. The maximum atomic E-state index is 11.2. The highest BCUT2D eigenvalue weighted by atomic mass is 16.7. The molecule has 1 aromatic carbocycles. The van der Waals surface area contributed by atoms with Gasteiger partial charge in [-0.2, -0.15) is 0 Å². The molecule has 0 aliphatic heterocycles. The first-order chi connectivity index (χ1) is 6.65. The summed E-state index contributed by atoms with van der Waals surface area (Å²) in [6.45, 7) is 3.62. The second-order valence-corrected chi connectivity index (χ2v) is 3.11. The lowest BCUT2D eigenvalue weighted by molar-refractivity contribution is 0.0502. The molecule has 14 heavy (non-hydrogen) atoms. The number of rotatable bonds is 4. The Morgan fingerprint density at radius 3 is 2.71 bits per heavy atom. The van der Waals surface area contributed by atoms with Gasteiger partial charge in [-0.15, -0.1) is 0 Å². The Kier molecular flexibility index (Phi) is 3.65. The van der Waals surface area contributed by atoms with E-state index in [0.717, 1.165) is 5.56 Å². The van der Waals surface area contributed by atoms with Crippen LogP contribution in [0.5, 0.6) is 5.75 Å². The van der Waals surface area contributed by atoms with Gasteiger partial charge in [0, 0.05) is 7.11 Å². The van der Waals surface area contributed by atoms with E-state index >= 15 is 0 Å². The average molecular weight is 194 g/mol. The maximum Gasteiger partial charge on any atom is 0.188 e. The molecule has 3 heteroatoms. The average Bonchev–Trinajstić information content (AvgIpc) is 2.14. The van der Waals surface area contributed by atoms with Crippen LogP contribution in [0.25, 0.3) is 0 Å². The molecule has 0 bridgehead atoms. The van der Waals surface area contributed by atoms with Crippen molar-refractivity contribution in [2.75, 3.05) is 13.9 Å². The number of carbonyl (C=O) groups is 1. The Hall–Kier alpha value is -1.35. The number of carbonyl (C=O) groups excluding carboxylic acids is 1. The number of aryl methyl sites for hydroxylation is 1. The van der Waals surface area contributed by atoms with Crippen molar-refractivity contribution in [2.24, 2.45) is 0 Å². The molecule has 0 aliphatic carbocycles. The van der Waals surface area contributed by atoms with Gasteiger partial charge in [0.15, 0.2) is 12.6 Å². The molecule has 0 spiro atoms. The summed E-state index contributed by atoms with van der Waals surface area (Å²) in [4.78, 5) is 11.2. The molecular weight excluding hydrogens is 180 g/mol. The first-order valence-electron chi connectivity index (χ1n) is 4.38. The van der Waals surface area contributed by atoms with Gasteiger partial charge in [-0.05, 0) is 31.5 Å². The topological polar surface area (TPSA) is 35.5 Å². The van der Waals surface area contributed by atoms with Crippen LogP contribution in [-0.4, -0.2) is 19.7 Å². The van der Waals surface area contributed by atoms with E-state index in [2.05, 4.69) is 0 Å². The van der Waals surface area contributed by atoms with E-state index in [1.54, 1.807) is 13.2 Å². The number of benzene rings is 1. The zero-order valence-corrected chi connectivity index (χ0v) is 8.66. The molecule has 0 fully saturated rings. The van der Waals surface area contributed by atoms with Crippen molar-refractivity contribution >= 4 is 5.78 Å². The second-order valence-electron chi connectivity index (χ2n) is 3.11. The fourth-order valence-corrected chi connectivity index (χ4v) is 1.16. The first-order valence-corrected chi connectivity index (χ1v) is 4.38. The van der Waals surface area contributed by atoms with E-state index in [-0.39, 0.29) is 12.6 Å². The number of hydrogen-bond acceptors (Lipinski definition) is 3. The molecule has 0 amide bonds. The van der Waals surface area contributed by atoms with Gasteiger partial charge in [0.25, 0.3) is 0 Å². The van der Waals surface area contributed by atoms with E-state index in [4.69, 9.17) is 9.47 Å². The van der Waals surface area contributed by atoms with Crippen molar-refractivity contribution in [3.05, 3.63) is 29.3 Å². The highest BCUT2D eigenvalue weighted by molar-refractivity contribution is 5.96. The zero-order chi connectivity index (χ0) is 10.6. The lowest BCUT2D eigenvalue weighted by atomic mass is 10.1. The minimum atomic E-state index is -0.00361. The molecule has 0 saturated carbocycles. The summed E-state index contributed by atoms with van der Waals surface area (Å²) in [5.41, 5.74) is 1.65. The van der Waals surface area contributed by atoms with Gasteiger partial charge in [-0.25, -0.2) is 0 Å². The van der Waals surface area contributed by atoms with E-state index in [9.17, 15) is 4.79 Å². The molecular formula is C11H14O3. The van der Waals surface area contributed by atoms with Gasteiger partial charge in [0.2, 0.25) is 0 Å². The van der Waals surface area contributed by atoms with Gasteiger partial charge < -0.3 is 9.47 Å². The molecule has 0 unspecified atom stereocenters. The summed E-state index contributed by atoms with van der Waals surface area (Å²) in [6.07, 6.45) is 0. The van der Waals surface area contributed by atoms with E-state index in [1.165, 1.54) is 6.92 Å². The molecule has 0 N–H and O–H groups in total. The van der Waals surface area contributed by atoms with Gasteiger partial charge in [-0.1, -0.05) is 6.07 Å². The molecule has 76 valence electrons. The Bertz CT molecular complexity index is 331. The molecule has 0 saturated heterocycles. The van der Waals surface area contributed by atoms with Crippen LogP contribution in [0.3, 0.4) is 0 Å². The van der Waals surface area contributed by atoms with Crippen LogP contribution in [0.2, 0.25) is 0 Å². The van der Waals surface area contributed by atoms with Crippen molar-refractivity contribution < 1.29 is 14.3 Å². The van der Waals surface area contributed by atoms with Crippen molar-refractivity contribution in [3.8, 4) is 5.75 Å². The minimum absolute atomic E-state index is 0.00361. The summed E-state index contributed by atoms with van der Waals surface area (Å²) >= 11 is 0. The molecule has 0 radical (unpaired) electrons. The third kappa shape index (κ3) is 2.57. The van der Waals surface area contributed by atoms with Crippen LogP contribution in [-0.2, 0) is 4.74 Å². The monoisotopic (exact) mass is 194 g/mol. The summed E-state index contributed by atoms with van der Waals surface area (Å²) in [5, 5.41) is 0. The largest absolute Gasteiger partial charge is 0.467 e. The fraction of sp³-hybridized carbons (Fsp3) is 0.364. The van der Waals surface area contributed by atoms with Crippen LogP contribution in [0.15, 0.2) is 18.2 Å². The normalized spacial score (nSPS) is 9.93. The maximum absolute atomic E-state index is 11.2. The number of ether oxygens (including phenoxy) is 2. The summed E-state index contributed by atoms with van der Waals surface area (Å²) in [7, 11) is 1.54. The molecule has 1 aromatic rings. The van der Waals surface area contributed by atoms with Crippen LogP contribution >= 0.6 is 0 Å². The number of ketones is 1. The van der Waals surface area contributed by atoms with Crippen molar-refractivity contribution in [2.45, 2.75) is 13.8 Å². The van der Waals surface area contributed by atoms with Crippen LogP contribution in [0.4, 0.5) is 0 Å². The zero-order valence-electron chi connectivity index (χ0n) is 8.66. The molecule has 0 heterocycles. The van der Waals surface area contributed by atoms with Crippen molar-refractivity contribution in [3.63, 3.8) is 0 Å². The molecule has 0 atom stereocenters. The standard InChI is InChI=1S/C11H14O3/c1-8-4-5-10(9(2)12)11(6-8)14-7-13-3/h4-6H,7H2,1-3H3. The van der Waals surface area contributed by atoms with Gasteiger partial charge in [0.1, 0.15) is 5.75 Å². The molecule has 3 nitrogen and oxygen atoms in total. The number of hydrogen-bond donors (Lipinski definition) is 0. The minimum Gasteiger partial charge on any atom is -0.467 e. The number of Topliss-reactive ketones (excluding diaryl/α,β-unsaturated/α-hetero) is 1. The van der Waals surface area contributed by atoms with E-state index in [0.29, 0.717) is 11.3 Å². The van der Waals surface area contributed by atoms with Crippen molar-refractivity contribution in [1.29, 1.82) is 0 Å². The van der Waals surface area contributed by atoms with Crippen LogP contribution in [0.1, 0.15) is 22.8 Å². The molecule has 1 rings (SSSR count). The third-order valence-corrected chi connectivity index (χ3v) is 1.85. The SMILES string of the molecule is COCOc1cc(C)ccc1C(C)=O. The van der Waals surface area contributed by atoms with Crippen LogP contribution in [0, 0.1) is 6.92 Å². The highest BCUT2D eigenvalue weighted by Gasteiger charge is 2.07. The Balaban J connectivity index is 2.97. The van der Waals surface area contributed by atoms with Gasteiger partial charge in [0.05, 0.1) is 5.56 Å². The molecule has 0 aromatic heterocycles. The quantitative estimate of drug-likeness (QED) is 0.544. The Labute approximate surface area is 83.6 Å². The highest BCUT2D eigenvalue weighted by Crippen LogP contribution is 2.20. The predicted octanol–water partition coefficient (Wildman–Crippen LogP) is 2.18. The lowest BCUT2D eigenvalue weighted by Crippen LogP contribution is -2.04. The van der Waals surface area contributed by atoms with Crippen LogP contribution < -0.4 is 4.74 Å². The third-order valence-electron chi connectivity index (χ3n) is 1.85. The fourth-order valence-electron chi connectivity index (χ4n) is 1.16. The van der Waals surface area contributed by atoms with E-state index in [1.807, 2.05) is 19.1 Å². The Morgan fingerprint density at radius 2 is 2.14 bits per heavy atom. The molecule has 0 aliphatic rings. The summed E-state index contributed by atoms with van der Waals surface area (Å²) in [5.74, 6) is 0.579.